The van der Waals surface area contributed by atoms with Crippen LogP contribution in [0.5, 0.6) is 5.75 Å². The zero-order valence-electron chi connectivity index (χ0n) is 38.6. The quantitative estimate of drug-likeness (QED) is 0.0589. The van der Waals surface area contributed by atoms with Crippen molar-refractivity contribution in [3.8, 4) is 5.75 Å². The van der Waals surface area contributed by atoms with E-state index in [9.17, 15) is 48.6 Å². The molecule has 2 aliphatic rings. The average Bonchev–Trinajstić information content (AvgIpc) is 3.87. The number of nitrogens with one attached hydrogen (secondary N) is 3. The molecule has 0 saturated carbocycles. The molecule has 2 unspecified atom stereocenters. The molecule has 2 aromatic rings. The molecule has 356 valence electrons. The Morgan fingerprint density at radius 2 is 1.71 bits per heavy atom. The molecule has 0 bridgehead atoms. The number of phenolic OH excluding ortho intramolecular Hbond substituents is 1. The number of amides is 6. The molecule has 6 amide bonds. The molecule has 5 N–H and O–H groups in total. The normalized spacial score (nSPS) is 18.0. The molecule has 1 fully saturated rings. The van der Waals surface area contributed by atoms with E-state index in [1.165, 1.54) is 31.4 Å². The van der Waals surface area contributed by atoms with E-state index in [0.717, 1.165) is 47.8 Å². The maximum atomic E-state index is 14.3. The van der Waals surface area contributed by atoms with Gasteiger partial charge in [-0.15, -0.1) is 11.3 Å². The van der Waals surface area contributed by atoms with Crippen LogP contribution in [0.4, 0.5) is 5.69 Å². The average molecular weight is 924 g/mol. The number of likely N-dealkylation sites (tertiary alicyclic amines) is 1. The molecule has 65 heavy (non-hydrogen) atoms. The van der Waals surface area contributed by atoms with Gasteiger partial charge >= 0.3 is 11.9 Å². The van der Waals surface area contributed by atoms with Crippen molar-refractivity contribution < 1.29 is 53.3 Å². The maximum Gasteiger partial charge on any atom is 0.306 e. The van der Waals surface area contributed by atoms with Crippen LogP contribution in [-0.4, -0.2) is 129 Å². The summed E-state index contributed by atoms with van der Waals surface area (Å²) in [7, 11) is 3.60. The van der Waals surface area contributed by atoms with Gasteiger partial charge in [0.05, 0.1) is 17.6 Å². The number of nitrogens with zero attached hydrogens (tertiary/aromatic N) is 4. The summed E-state index contributed by atoms with van der Waals surface area (Å²) in [5.41, 5.74) is 0.641. The topological polar surface area (TPSA) is 245 Å². The number of hydrogen-bond acceptors (Lipinski definition) is 13. The fourth-order valence-electron chi connectivity index (χ4n) is 8.10. The number of benzene rings is 1. The molecule has 1 saturated heterocycles. The number of carbonyl (C=O) groups is 8. The lowest BCUT2D eigenvalue weighted by atomic mass is 9.92. The minimum Gasteiger partial charge on any atom is -0.506 e. The Kier molecular flexibility index (Phi) is 19.2. The molecule has 19 heteroatoms. The molecule has 1 aromatic heterocycles. The zero-order chi connectivity index (χ0) is 48.1. The van der Waals surface area contributed by atoms with Crippen molar-refractivity contribution in [3.63, 3.8) is 0 Å². The summed E-state index contributed by atoms with van der Waals surface area (Å²) in [5, 5.41) is 30.7. The van der Waals surface area contributed by atoms with Crippen LogP contribution in [-0.2, 0) is 44.7 Å². The lowest BCUT2D eigenvalue weighted by Crippen LogP contribution is -2.58. The molecular weight excluding hydrogens is 859 g/mol. The van der Waals surface area contributed by atoms with Crippen molar-refractivity contribution in [3.05, 3.63) is 52.0 Å². The van der Waals surface area contributed by atoms with Gasteiger partial charge < -0.3 is 35.8 Å². The number of hydrogen-bond donors (Lipinski definition) is 5. The predicted octanol–water partition coefficient (Wildman–Crippen LogP) is 4.44. The first-order valence-corrected chi connectivity index (χ1v) is 23.2. The number of aromatic hydroxyl groups is 1. The molecule has 0 aliphatic carbocycles. The van der Waals surface area contributed by atoms with Gasteiger partial charge in [-0.05, 0) is 75.2 Å². The molecule has 18 nitrogen and oxygen atoms in total. The Hall–Kier alpha value is -5.69. The highest BCUT2D eigenvalue weighted by Gasteiger charge is 2.37. The van der Waals surface area contributed by atoms with Gasteiger partial charge in [-0.3, -0.25) is 48.2 Å². The van der Waals surface area contributed by atoms with Crippen molar-refractivity contribution in [1.29, 1.82) is 0 Å². The van der Waals surface area contributed by atoms with Gasteiger partial charge in [0.1, 0.15) is 22.5 Å². The number of carbonyl (C=O) groups excluding carboxylic acids is 7. The fourth-order valence-corrected chi connectivity index (χ4v) is 8.93. The first-order chi connectivity index (χ1) is 30.7. The van der Waals surface area contributed by atoms with Gasteiger partial charge in [-0.2, -0.15) is 0 Å². The maximum absolute atomic E-state index is 14.3. The van der Waals surface area contributed by atoms with Crippen molar-refractivity contribution >= 4 is 64.4 Å². The monoisotopic (exact) mass is 923 g/mol. The van der Waals surface area contributed by atoms with E-state index in [4.69, 9.17) is 4.74 Å². The third kappa shape index (κ3) is 14.7. The van der Waals surface area contributed by atoms with Gasteiger partial charge in [0.25, 0.3) is 17.7 Å². The van der Waals surface area contributed by atoms with Gasteiger partial charge in [0.2, 0.25) is 17.7 Å². The smallest absolute Gasteiger partial charge is 0.306 e. The summed E-state index contributed by atoms with van der Waals surface area (Å²) in [5.74, 6) is -5.48. The van der Waals surface area contributed by atoms with Gasteiger partial charge in [-0.1, -0.05) is 53.5 Å². The number of esters is 1. The second-order valence-electron chi connectivity index (χ2n) is 17.5. The van der Waals surface area contributed by atoms with Crippen LogP contribution >= 0.6 is 11.3 Å². The molecule has 4 rings (SSSR count). The van der Waals surface area contributed by atoms with Crippen LogP contribution in [0.2, 0.25) is 0 Å². The van der Waals surface area contributed by atoms with E-state index in [2.05, 4.69) is 20.9 Å². The molecule has 7 atom stereocenters. The Morgan fingerprint density at radius 1 is 1.02 bits per heavy atom. The standard InChI is InChI=1S/C46H65N7O11S/c1-9-27(4)41(50-43(60)34-13-10-11-19-51(34)7)45(61)52(8)35(26(2)3)24-37(64-29(6)54)44-49-33(25-65-44)42(59)47-31(21-28(5)46(62)63)22-30-15-16-36(55)32(23-30)48-38(56)14-12-20-53-39(57)17-18-40(53)58/h15-18,23,25-28,31,34-35,37,41,55H,9-14,19-22,24H2,1-8H3,(H,47,59)(H,48,56)(H,50,60)(H,62,63)/t27-,28?,31+,34+,35?,37+,41-/m0/s1. The fraction of sp³-hybridized carbons (Fsp3) is 0.587. The van der Waals surface area contributed by atoms with Crippen molar-refractivity contribution in [2.24, 2.45) is 17.8 Å². The van der Waals surface area contributed by atoms with E-state index in [0.29, 0.717) is 23.4 Å². The van der Waals surface area contributed by atoms with E-state index in [-0.39, 0.29) is 85.5 Å². The lowest BCUT2D eigenvalue weighted by molar-refractivity contribution is -0.149. The van der Waals surface area contributed by atoms with Crippen molar-refractivity contribution in [2.45, 2.75) is 130 Å². The van der Waals surface area contributed by atoms with E-state index in [1.807, 2.05) is 39.6 Å². The van der Waals surface area contributed by atoms with E-state index in [1.54, 1.807) is 18.0 Å². The van der Waals surface area contributed by atoms with Gasteiger partial charge in [0, 0.05) is 63.0 Å². The number of anilines is 1. The first kappa shape index (κ1) is 51.9. The third-order valence-electron chi connectivity index (χ3n) is 12.2. The second kappa shape index (κ2) is 24.0. The first-order valence-electron chi connectivity index (χ1n) is 22.3. The predicted molar refractivity (Wildman–Crippen MR) is 242 cm³/mol. The largest absolute Gasteiger partial charge is 0.506 e. The summed E-state index contributed by atoms with van der Waals surface area (Å²) in [6, 6.07) is 2.14. The lowest BCUT2D eigenvalue weighted by Gasteiger charge is -2.38. The van der Waals surface area contributed by atoms with Crippen LogP contribution < -0.4 is 16.0 Å². The number of imide groups is 1. The molecule has 2 aliphatic heterocycles. The summed E-state index contributed by atoms with van der Waals surface area (Å²) < 4.78 is 5.78. The molecule has 0 radical (unpaired) electrons. The molecule has 1 aromatic carbocycles. The van der Waals surface area contributed by atoms with Crippen LogP contribution in [0.25, 0.3) is 0 Å². The SMILES string of the molecule is CC[C@H](C)[C@H](NC(=O)[C@H]1CCCCN1C)C(=O)N(C)C(C[C@@H](OC(C)=O)c1nc(C(=O)N[C@@H](Cc2ccc(O)c(NC(=O)CCCN3C(=O)C=CC3=O)c2)CC(C)C(=O)O)cs1)C(C)C. The summed E-state index contributed by atoms with van der Waals surface area (Å²) in [4.78, 5) is 112. The van der Waals surface area contributed by atoms with Crippen LogP contribution in [0.1, 0.15) is 120 Å². The van der Waals surface area contributed by atoms with Crippen molar-refractivity contribution in [2.75, 3.05) is 32.5 Å². The Balaban J connectivity index is 1.48. The number of aromatic nitrogens is 1. The molecular formula is C46H65N7O11S. The number of aliphatic carboxylic acids is 1. The number of thiazole rings is 1. The number of carboxylic acid groups (broad SMARTS) is 1. The Bertz CT molecular complexity index is 2070. The summed E-state index contributed by atoms with van der Waals surface area (Å²) in [6.07, 6.45) is 5.11. The minimum atomic E-state index is -1.07. The summed E-state index contributed by atoms with van der Waals surface area (Å²) in [6.45, 7) is 11.4. The van der Waals surface area contributed by atoms with Crippen LogP contribution in [0.3, 0.4) is 0 Å². The number of ether oxygens (including phenoxy) is 1. The number of likely N-dealkylation sites (N-methyl/N-ethyl adjacent to an activating group) is 2. The number of phenols is 1. The van der Waals surface area contributed by atoms with E-state index < -0.39 is 65.7 Å². The third-order valence-corrected chi connectivity index (χ3v) is 13.1. The van der Waals surface area contributed by atoms with Crippen LogP contribution in [0.15, 0.2) is 35.7 Å². The van der Waals surface area contributed by atoms with Crippen LogP contribution in [0, 0.1) is 17.8 Å². The molecule has 0 spiro atoms. The van der Waals surface area contributed by atoms with Crippen molar-refractivity contribution in [1.82, 2.24) is 30.3 Å². The molecule has 3 heterocycles. The number of piperidine rings is 1. The van der Waals surface area contributed by atoms with Gasteiger partial charge in [0.15, 0.2) is 6.10 Å². The van der Waals surface area contributed by atoms with E-state index >= 15 is 0 Å². The van der Waals surface area contributed by atoms with Gasteiger partial charge in [-0.25, -0.2) is 4.98 Å². The number of rotatable bonds is 23. The highest BCUT2D eigenvalue weighted by Crippen LogP contribution is 2.32. The number of carboxylic acids is 1. The zero-order valence-corrected chi connectivity index (χ0v) is 39.4. The highest BCUT2D eigenvalue weighted by molar-refractivity contribution is 7.09. The summed E-state index contributed by atoms with van der Waals surface area (Å²) >= 11 is 1.10. The Labute approximate surface area is 384 Å². The minimum absolute atomic E-state index is 0.000319. The second-order valence-corrected chi connectivity index (χ2v) is 18.4. The highest BCUT2D eigenvalue weighted by atomic mass is 32.1. The Morgan fingerprint density at radius 3 is 2.32 bits per heavy atom.